The second-order valence-electron chi connectivity index (χ2n) is 12.7. The Bertz CT molecular complexity index is 2420. The molecule has 1 aliphatic carbocycles. The number of aliphatic imine (C=N–C) groups is 2. The quantitative estimate of drug-likeness (QED) is 0.128. The molecule has 7 rings (SSSR count). The van der Waals surface area contributed by atoms with Crippen molar-refractivity contribution >= 4 is 11.4 Å². The first-order chi connectivity index (χ1) is 28.2. The highest BCUT2D eigenvalue weighted by Gasteiger charge is 2.38. The topological polar surface area (TPSA) is 124 Å². The molecule has 0 spiro atoms. The predicted octanol–water partition coefficient (Wildman–Crippen LogP) is 11.0. The van der Waals surface area contributed by atoms with E-state index in [1.54, 1.807) is 12.4 Å². The number of hydrogen-bond donors (Lipinski definition) is 0. The largest absolute Gasteiger partial charge is 0.416 e. The molecule has 2 aromatic heterocycles. The number of halogens is 12. The summed E-state index contributed by atoms with van der Waals surface area (Å²) in [6, 6.07) is 13.7. The molecule has 0 N–H and O–H groups in total. The molecule has 0 bridgehead atoms. The van der Waals surface area contributed by atoms with Crippen molar-refractivity contribution in [2.75, 3.05) is 0 Å². The lowest BCUT2D eigenvalue weighted by molar-refractivity contribution is -0.138. The van der Waals surface area contributed by atoms with Crippen molar-refractivity contribution in [3.05, 3.63) is 142 Å². The van der Waals surface area contributed by atoms with Gasteiger partial charge in [0.2, 0.25) is 12.4 Å². The van der Waals surface area contributed by atoms with Gasteiger partial charge in [-0.2, -0.15) is 73.2 Å². The minimum absolute atomic E-state index is 0.0525. The van der Waals surface area contributed by atoms with Crippen LogP contribution in [0.3, 0.4) is 0 Å². The third-order valence-corrected chi connectivity index (χ3v) is 8.96. The number of aromatic nitrogens is 4. The molecule has 0 radical (unpaired) electrons. The first-order valence-electron chi connectivity index (χ1n) is 16.7. The molecule has 20 heteroatoms. The van der Waals surface area contributed by atoms with E-state index in [0.717, 1.165) is 48.5 Å². The summed E-state index contributed by atoms with van der Waals surface area (Å²) in [6.07, 6.45) is -16.0. The fraction of sp³-hybridized carbons (Fsp3) is 0.100. The van der Waals surface area contributed by atoms with E-state index in [0.29, 0.717) is 48.5 Å². The van der Waals surface area contributed by atoms with Crippen molar-refractivity contribution in [3.63, 3.8) is 0 Å². The van der Waals surface area contributed by atoms with Crippen LogP contribution >= 0.6 is 0 Å². The van der Waals surface area contributed by atoms with Crippen LogP contribution < -0.4 is 0 Å². The summed E-state index contributed by atoms with van der Waals surface area (Å²) in [5.74, 6) is 0. The second-order valence-corrected chi connectivity index (χ2v) is 12.7. The van der Waals surface area contributed by atoms with Gasteiger partial charge in [-0.25, -0.2) is 19.9 Å². The van der Waals surface area contributed by atoms with Crippen molar-refractivity contribution in [2.45, 2.75) is 24.7 Å². The highest BCUT2D eigenvalue weighted by atomic mass is 19.4. The van der Waals surface area contributed by atoms with Crippen LogP contribution in [-0.4, -0.2) is 31.4 Å². The van der Waals surface area contributed by atoms with E-state index >= 15 is 0 Å². The van der Waals surface area contributed by atoms with Crippen molar-refractivity contribution in [3.8, 4) is 57.4 Å². The number of alkyl halides is 12. The molecule has 6 aromatic rings. The van der Waals surface area contributed by atoms with Crippen molar-refractivity contribution in [1.29, 1.82) is 10.5 Å². The third-order valence-electron chi connectivity index (χ3n) is 8.96. The average molecular weight is 837 g/mol. The molecule has 0 unspecified atom stereocenters. The summed E-state index contributed by atoms with van der Waals surface area (Å²) >= 11 is 0. The van der Waals surface area contributed by atoms with Crippen LogP contribution in [0.15, 0.2) is 107 Å². The van der Waals surface area contributed by atoms with Gasteiger partial charge >= 0.3 is 24.7 Å². The van der Waals surface area contributed by atoms with Crippen LogP contribution in [0, 0.1) is 22.9 Å². The Morgan fingerprint density at radius 1 is 0.317 bits per heavy atom. The second kappa shape index (κ2) is 14.7. The zero-order chi connectivity index (χ0) is 43.4. The van der Waals surface area contributed by atoms with Crippen LogP contribution in [-0.2, 0) is 24.7 Å². The molecule has 0 atom stereocenters. The molecule has 60 heavy (non-hydrogen) atoms. The fourth-order valence-electron chi connectivity index (χ4n) is 6.14. The van der Waals surface area contributed by atoms with E-state index in [-0.39, 0.29) is 67.8 Å². The van der Waals surface area contributed by atoms with Crippen LogP contribution in [0.5, 0.6) is 0 Å². The van der Waals surface area contributed by atoms with Gasteiger partial charge in [-0.1, -0.05) is 48.5 Å². The van der Waals surface area contributed by atoms with E-state index in [9.17, 15) is 63.2 Å². The number of benzene rings is 4. The van der Waals surface area contributed by atoms with E-state index in [4.69, 9.17) is 0 Å². The lowest BCUT2D eigenvalue weighted by atomic mass is 9.92. The Morgan fingerprint density at radius 2 is 0.500 bits per heavy atom. The van der Waals surface area contributed by atoms with Gasteiger partial charge in [-0.3, -0.25) is 0 Å². The van der Waals surface area contributed by atoms with Gasteiger partial charge in [0.1, 0.15) is 34.2 Å². The van der Waals surface area contributed by atoms with Gasteiger partial charge in [-0.15, -0.1) is 0 Å². The van der Waals surface area contributed by atoms with Gasteiger partial charge in [0, 0.05) is 22.3 Å². The monoisotopic (exact) mass is 836 g/mol. The van der Waals surface area contributed by atoms with Crippen LogP contribution in [0.25, 0.3) is 45.0 Å². The molecular weight excluding hydrogens is 820 g/mol. The fourth-order valence-corrected chi connectivity index (χ4v) is 6.14. The van der Waals surface area contributed by atoms with Gasteiger partial charge in [0.25, 0.3) is 0 Å². The Kier molecular flexibility index (Phi) is 9.99. The van der Waals surface area contributed by atoms with Crippen LogP contribution in [0.4, 0.5) is 52.7 Å². The van der Waals surface area contributed by atoms with Crippen LogP contribution in [0.2, 0.25) is 0 Å². The summed E-state index contributed by atoms with van der Waals surface area (Å²) < 4.78 is 162. The first kappa shape index (κ1) is 40.7. The molecule has 2 heterocycles. The first-order valence-corrected chi connectivity index (χ1v) is 16.7. The minimum Gasteiger partial charge on any atom is -0.241 e. The molecule has 0 fully saturated rings. The molecule has 0 saturated carbocycles. The molecule has 0 saturated heterocycles. The molecule has 4 aromatic carbocycles. The zero-order valence-electron chi connectivity index (χ0n) is 29.4. The Labute approximate surface area is 328 Å². The molecule has 8 nitrogen and oxygen atoms in total. The standard InChI is InChI=1S/C40H16F12N8/c41-37(42,43)23-9-1-19(2-10-23)27-28(20-3-11-24(12-4-20)38(44,45)46)58-34-32(56-18-54)36-35(31(55-17-53)33(34)57-27)59-29(21-5-13-25(14-6-21)39(47,48)49)30(60-36)22-7-15-26(16-8-22)40(50,51)52/h1-16H. The van der Waals surface area contributed by atoms with Crippen molar-refractivity contribution in [1.82, 2.24) is 19.9 Å². The molecule has 0 aliphatic heterocycles. The summed E-state index contributed by atoms with van der Waals surface area (Å²) in [5, 5.41) is 19.7. The predicted molar refractivity (Wildman–Crippen MR) is 188 cm³/mol. The third kappa shape index (κ3) is 7.74. The number of nitrogens with zero attached hydrogens (tertiary/aromatic N) is 8. The number of rotatable bonds is 4. The van der Waals surface area contributed by atoms with Gasteiger partial charge in [-0.05, 0) is 48.5 Å². The SMILES string of the molecule is N#CN=C1c2nc(-c3ccc(C(F)(F)F)cc3)c(-c3ccc(C(F)(F)F)cc3)nc2C(=NC#N)c2nc(-c3ccc(C(F)(F)F)cc3)c(-c3ccc(C(F)(F)F)cc3)nc21. The molecular formula is C40H16F12N8. The highest BCUT2D eigenvalue weighted by Crippen LogP contribution is 2.40. The van der Waals surface area contributed by atoms with Crippen LogP contribution in [0.1, 0.15) is 45.0 Å². The lowest BCUT2D eigenvalue weighted by Gasteiger charge is -2.23. The molecule has 300 valence electrons. The van der Waals surface area contributed by atoms with Gasteiger partial charge < -0.3 is 0 Å². The maximum atomic E-state index is 13.5. The zero-order valence-corrected chi connectivity index (χ0v) is 29.4. The summed E-state index contributed by atoms with van der Waals surface area (Å²) in [6.45, 7) is 0. The normalized spacial score (nSPS) is 12.9. The van der Waals surface area contributed by atoms with Crippen molar-refractivity contribution in [2.24, 2.45) is 9.98 Å². The van der Waals surface area contributed by atoms with Gasteiger partial charge in [0.05, 0.1) is 45.0 Å². The van der Waals surface area contributed by atoms with E-state index < -0.39 is 58.4 Å². The molecule has 0 amide bonds. The molecule has 1 aliphatic rings. The van der Waals surface area contributed by atoms with E-state index in [1.165, 1.54) is 0 Å². The summed E-state index contributed by atoms with van der Waals surface area (Å²) in [4.78, 5) is 26.0. The Morgan fingerprint density at radius 3 is 0.650 bits per heavy atom. The summed E-state index contributed by atoms with van der Waals surface area (Å²) in [5.41, 5.74) is -7.84. The Hall–Kier alpha value is -7.48. The van der Waals surface area contributed by atoms with Crippen molar-refractivity contribution < 1.29 is 52.7 Å². The lowest BCUT2D eigenvalue weighted by Crippen LogP contribution is -2.29. The summed E-state index contributed by atoms with van der Waals surface area (Å²) in [7, 11) is 0. The maximum absolute atomic E-state index is 13.5. The number of nitriles is 2. The van der Waals surface area contributed by atoms with E-state index in [2.05, 4.69) is 29.9 Å². The number of hydrogen-bond acceptors (Lipinski definition) is 8. The smallest absolute Gasteiger partial charge is 0.241 e. The maximum Gasteiger partial charge on any atom is 0.416 e. The van der Waals surface area contributed by atoms with Gasteiger partial charge in [0.15, 0.2) is 0 Å². The van der Waals surface area contributed by atoms with E-state index in [1.807, 2.05) is 0 Å². The minimum atomic E-state index is -4.77. The highest BCUT2D eigenvalue weighted by molar-refractivity contribution is 6.29. The Balaban J connectivity index is 1.53. The average Bonchev–Trinajstić information content (AvgIpc) is 3.20. The number of fused-ring (bicyclic) bond motifs is 2.